The van der Waals surface area contributed by atoms with Crippen LogP contribution in [0.4, 0.5) is 0 Å². The third kappa shape index (κ3) is 2.53. The van der Waals surface area contributed by atoms with Crippen molar-refractivity contribution in [2.75, 3.05) is 13.1 Å². The Labute approximate surface area is 107 Å². The summed E-state index contributed by atoms with van der Waals surface area (Å²) < 4.78 is 0. The lowest BCUT2D eigenvalue weighted by molar-refractivity contribution is -0.123. The Hall–Kier alpha value is -1.84. The fourth-order valence-corrected chi connectivity index (χ4v) is 2.38. The Bertz CT molecular complexity index is 471. The van der Waals surface area contributed by atoms with E-state index >= 15 is 0 Å². The van der Waals surface area contributed by atoms with Gasteiger partial charge in [0.2, 0.25) is 5.91 Å². The van der Waals surface area contributed by atoms with Crippen LogP contribution in [0.2, 0.25) is 0 Å². The molecular formula is C14H18N2O2. The van der Waals surface area contributed by atoms with E-state index in [9.17, 15) is 9.59 Å². The molecule has 0 saturated carbocycles. The molecule has 1 heterocycles. The average Bonchev–Trinajstić information content (AvgIpc) is 2.38. The summed E-state index contributed by atoms with van der Waals surface area (Å²) in [5.41, 5.74) is 6.99. The van der Waals surface area contributed by atoms with Crippen LogP contribution in [0.5, 0.6) is 0 Å². The van der Waals surface area contributed by atoms with E-state index in [1.165, 1.54) is 0 Å². The number of primary amides is 1. The van der Waals surface area contributed by atoms with E-state index in [-0.39, 0.29) is 17.7 Å². The third-order valence-corrected chi connectivity index (χ3v) is 3.49. The summed E-state index contributed by atoms with van der Waals surface area (Å²) in [7, 11) is 0. The highest BCUT2D eigenvalue weighted by atomic mass is 16.2. The van der Waals surface area contributed by atoms with Crippen LogP contribution in [0.1, 0.15) is 28.8 Å². The number of carbonyl (C=O) groups is 2. The summed E-state index contributed by atoms with van der Waals surface area (Å²) in [6.45, 7) is 3.07. The second-order valence-electron chi connectivity index (χ2n) is 4.81. The predicted octanol–water partition coefficient (Wildman–Crippen LogP) is 1.33. The van der Waals surface area contributed by atoms with Crippen molar-refractivity contribution in [2.24, 2.45) is 11.7 Å². The first-order valence-corrected chi connectivity index (χ1v) is 6.24. The molecule has 0 spiro atoms. The van der Waals surface area contributed by atoms with Gasteiger partial charge in [0.15, 0.2) is 0 Å². The number of piperidine rings is 1. The molecule has 0 aromatic heterocycles. The van der Waals surface area contributed by atoms with E-state index in [1.54, 1.807) is 4.90 Å². The molecule has 2 amide bonds. The molecule has 2 N–H and O–H groups in total. The van der Waals surface area contributed by atoms with Crippen molar-refractivity contribution < 1.29 is 9.59 Å². The smallest absolute Gasteiger partial charge is 0.254 e. The maximum Gasteiger partial charge on any atom is 0.254 e. The maximum atomic E-state index is 12.4. The molecule has 0 bridgehead atoms. The standard InChI is InChI=1S/C14H18N2O2/c1-10-5-2-3-7-12(10)14(18)16-8-4-6-11(9-16)13(15)17/h2-3,5,7,11H,4,6,8-9H2,1H3,(H2,15,17). The van der Waals surface area contributed by atoms with Crippen molar-refractivity contribution in [2.45, 2.75) is 19.8 Å². The van der Waals surface area contributed by atoms with Gasteiger partial charge < -0.3 is 10.6 Å². The maximum absolute atomic E-state index is 12.4. The first kappa shape index (κ1) is 12.6. The molecule has 1 saturated heterocycles. The molecule has 2 rings (SSSR count). The van der Waals surface area contributed by atoms with Crippen LogP contribution in [0, 0.1) is 12.8 Å². The second kappa shape index (κ2) is 5.21. The number of benzene rings is 1. The van der Waals surface area contributed by atoms with Gasteiger partial charge in [0.1, 0.15) is 0 Å². The molecule has 4 heteroatoms. The number of aryl methyl sites for hydroxylation is 1. The van der Waals surface area contributed by atoms with E-state index < -0.39 is 0 Å². The number of nitrogens with two attached hydrogens (primary N) is 1. The number of hydrogen-bond donors (Lipinski definition) is 1. The highest BCUT2D eigenvalue weighted by molar-refractivity contribution is 5.96. The molecule has 96 valence electrons. The van der Waals surface area contributed by atoms with Gasteiger partial charge in [-0.3, -0.25) is 9.59 Å². The topological polar surface area (TPSA) is 63.4 Å². The minimum Gasteiger partial charge on any atom is -0.369 e. The molecule has 4 nitrogen and oxygen atoms in total. The molecule has 1 aromatic rings. The number of nitrogens with zero attached hydrogens (tertiary/aromatic N) is 1. The average molecular weight is 246 g/mol. The lowest BCUT2D eigenvalue weighted by Crippen LogP contribution is -2.44. The van der Waals surface area contributed by atoms with Crippen LogP contribution < -0.4 is 5.73 Å². The van der Waals surface area contributed by atoms with Crippen molar-refractivity contribution in [1.82, 2.24) is 4.90 Å². The van der Waals surface area contributed by atoms with Crippen molar-refractivity contribution in [3.8, 4) is 0 Å². The number of carbonyl (C=O) groups excluding carboxylic acids is 2. The van der Waals surface area contributed by atoms with Crippen LogP contribution in [0.25, 0.3) is 0 Å². The molecule has 1 aliphatic heterocycles. The largest absolute Gasteiger partial charge is 0.369 e. The second-order valence-corrected chi connectivity index (χ2v) is 4.81. The van der Waals surface area contributed by atoms with Crippen LogP contribution >= 0.6 is 0 Å². The van der Waals surface area contributed by atoms with Crippen molar-refractivity contribution in [1.29, 1.82) is 0 Å². The fraction of sp³-hybridized carbons (Fsp3) is 0.429. The molecule has 18 heavy (non-hydrogen) atoms. The first-order chi connectivity index (χ1) is 8.59. The van der Waals surface area contributed by atoms with Crippen molar-refractivity contribution in [3.63, 3.8) is 0 Å². The monoisotopic (exact) mass is 246 g/mol. The van der Waals surface area contributed by atoms with Crippen molar-refractivity contribution >= 4 is 11.8 Å². The Balaban J connectivity index is 2.14. The molecule has 1 aromatic carbocycles. The van der Waals surface area contributed by atoms with E-state index in [4.69, 9.17) is 5.73 Å². The molecule has 1 atom stereocenters. The van der Waals surface area contributed by atoms with Gasteiger partial charge in [-0.2, -0.15) is 0 Å². The minimum atomic E-state index is -0.308. The quantitative estimate of drug-likeness (QED) is 0.855. The zero-order valence-electron chi connectivity index (χ0n) is 10.6. The lowest BCUT2D eigenvalue weighted by atomic mass is 9.96. The van der Waals surface area contributed by atoms with Crippen LogP contribution in [-0.2, 0) is 4.79 Å². The number of amides is 2. The molecule has 0 aliphatic carbocycles. The van der Waals surface area contributed by atoms with Crippen LogP contribution in [0.15, 0.2) is 24.3 Å². The summed E-state index contributed by atoms with van der Waals surface area (Å²) in [6, 6.07) is 7.51. The van der Waals surface area contributed by atoms with Gasteiger partial charge in [-0.15, -0.1) is 0 Å². The Morgan fingerprint density at radius 2 is 2.06 bits per heavy atom. The zero-order chi connectivity index (χ0) is 13.1. The summed E-state index contributed by atoms with van der Waals surface area (Å²) >= 11 is 0. The normalized spacial score (nSPS) is 19.6. The highest BCUT2D eigenvalue weighted by Crippen LogP contribution is 2.19. The highest BCUT2D eigenvalue weighted by Gasteiger charge is 2.27. The van der Waals surface area contributed by atoms with Gasteiger partial charge >= 0.3 is 0 Å². The molecule has 1 aliphatic rings. The minimum absolute atomic E-state index is 0.000880. The Kier molecular flexibility index (Phi) is 3.65. The molecule has 0 radical (unpaired) electrons. The zero-order valence-corrected chi connectivity index (χ0v) is 10.6. The van der Waals surface area contributed by atoms with Gasteiger partial charge in [-0.05, 0) is 31.4 Å². The molecule has 1 unspecified atom stereocenters. The number of rotatable bonds is 2. The number of likely N-dealkylation sites (tertiary alicyclic amines) is 1. The van der Waals surface area contributed by atoms with E-state index in [1.807, 2.05) is 31.2 Å². The number of hydrogen-bond acceptors (Lipinski definition) is 2. The summed E-state index contributed by atoms with van der Waals surface area (Å²) in [5.74, 6) is -0.511. The first-order valence-electron chi connectivity index (χ1n) is 6.24. The van der Waals surface area contributed by atoms with Gasteiger partial charge in [-0.1, -0.05) is 18.2 Å². The van der Waals surface area contributed by atoms with Crippen LogP contribution in [-0.4, -0.2) is 29.8 Å². The SMILES string of the molecule is Cc1ccccc1C(=O)N1CCCC(C(N)=O)C1. The van der Waals surface area contributed by atoms with Gasteiger partial charge in [-0.25, -0.2) is 0 Å². The van der Waals surface area contributed by atoms with Crippen molar-refractivity contribution in [3.05, 3.63) is 35.4 Å². The van der Waals surface area contributed by atoms with Gasteiger partial charge in [0, 0.05) is 18.7 Å². The molecular weight excluding hydrogens is 228 g/mol. The fourth-order valence-electron chi connectivity index (χ4n) is 2.38. The summed E-state index contributed by atoms with van der Waals surface area (Å²) in [4.78, 5) is 25.3. The van der Waals surface area contributed by atoms with E-state index in [2.05, 4.69) is 0 Å². The van der Waals surface area contributed by atoms with E-state index in [0.29, 0.717) is 18.7 Å². The summed E-state index contributed by atoms with van der Waals surface area (Å²) in [5, 5.41) is 0. The summed E-state index contributed by atoms with van der Waals surface area (Å²) in [6.07, 6.45) is 1.62. The molecule has 1 fully saturated rings. The third-order valence-electron chi connectivity index (χ3n) is 3.49. The Morgan fingerprint density at radius 3 is 2.72 bits per heavy atom. The van der Waals surface area contributed by atoms with Gasteiger partial charge in [0.05, 0.1) is 5.92 Å². The lowest BCUT2D eigenvalue weighted by Gasteiger charge is -2.31. The van der Waals surface area contributed by atoms with Crippen LogP contribution in [0.3, 0.4) is 0 Å². The van der Waals surface area contributed by atoms with Gasteiger partial charge in [0.25, 0.3) is 5.91 Å². The predicted molar refractivity (Wildman–Crippen MR) is 69.0 cm³/mol. The Morgan fingerprint density at radius 1 is 1.33 bits per heavy atom. The van der Waals surface area contributed by atoms with E-state index in [0.717, 1.165) is 18.4 Å².